The number of nitrogens with zero attached hydrogens (tertiary/aromatic N) is 2. The minimum absolute atomic E-state index is 0.0723. The predicted molar refractivity (Wildman–Crippen MR) is 127 cm³/mol. The molecule has 0 radical (unpaired) electrons. The second kappa shape index (κ2) is 10.4. The molecule has 1 fully saturated rings. The Morgan fingerprint density at radius 2 is 1.88 bits per heavy atom. The van der Waals surface area contributed by atoms with Gasteiger partial charge >= 0.3 is 0 Å². The molecule has 0 aliphatic carbocycles. The molecule has 3 rings (SSSR count). The van der Waals surface area contributed by atoms with Gasteiger partial charge in [0.25, 0.3) is 11.7 Å². The topological polar surface area (TPSA) is 79.3 Å². The summed E-state index contributed by atoms with van der Waals surface area (Å²) < 4.78 is 10.8. The SMILES string of the molecule is C=CCOc1ccc(C(O)=C2C(=O)C(=O)N(CCN(C)C)[C@H]2c2ccc(OC)cc2)cc1C. The second-order valence-corrected chi connectivity index (χ2v) is 8.15. The first kappa shape index (κ1) is 24.1. The Bertz CT molecular complexity index is 1070. The van der Waals surface area contributed by atoms with Crippen molar-refractivity contribution < 1.29 is 24.2 Å². The van der Waals surface area contributed by atoms with Crippen LogP contribution in [0.3, 0.4) is 0 Å². The Balaban J connectivity index is 2.09. The third kappa shape index (κ3) is 5.09. The Labute approximate surface area is 194 Å². The van der Waals surface area contributed by atoms with Gasteiger partial charge in [0, 0.05) is 18.7 Å². The van der Waals surface area contributed by atoms with Crippen molar-refractivity contribution in [1.82, 2.24) is 9.80 Å². The number of aliphatic hydroxyl groups excluding tert-OH is 1. The van der Waals surface area contributed by atoms with Gasteiger partial charge in [-0.25, -0.2) is 0 Å². The van der Waals surface area contributed by atoms with Crippen molar-refractivity contribution in [2.75, 3.05) is 40.9 Å². The molecule has 33 heavy (non-hydrogen) atoms. The van der Waals surface area contributed by atoms with E-state index in [9.17, 15) is 14.7 Å². The fourth-order valence-electron chi connectivity index (χ4n) is 3.81. The van der Waals surface area contributed by atoms with Crippen molar-refractivity contribution in [3.63, 3.8) is 0 Å². The zero-order valence-electron chi connectivity index (χ0n) is 19.5. The summed E-state index contributed by atoms with van der Waals surface area (Å²) in [7, 11) is 5.37. The van der Waals surface area contributed by atoms with Crippen LogP contribution in [-0.4, -0.2) is 67.5 Å². The molecule has 1 heterocycles. The summed E-state index contributed by atoms with van der Waals surface area (Å²) in [6.45, 7) is 6.78. The molecule has 0 bridgehead atoms. The van der Waals surface area contributed by atoms with Crippen LogP contribution in [0.4, 0.5) is 0 Å². The maximum absolute atomic E-state index is 13.1. The van der Waals surface area contributed by atoms with Gasteiger partial charge in [0.05, 0.1) is 18.7 Å². The molecule has 7 nitrogen and oxygen atoms in total. The lowest BCUT2D eigenvalue weighted by Gasteiger charge is -2.26. The number of carbonyl (C=O) groups is 2. The molecule has 0 unspecified atom stereocenters. The number of amides is 1. The monoisotopic (exact) mass is 450 g/mol. The van der Waals surface area contributed by atoms with E-state index in [0.717, 1.165) is 11.1 Å². The largest absolute Gasteiger partial charge is 0.507 e. The van der Waals surface area contributed by atoms with E-state index in [0.29, 0.717) is 36.8 Å². The molecular formula is C26H30N2O5. The van der Waals surface area contributed by atoms with Gasteiger partial charge in [-0.1, -0.05) is 24.8 Å². The van der Waals surface area contributed by atoms with Gasteiger partial charge in [0.15, 0.2) is 0 Å². The van der Waals surface area contributed by atoms with Gasteiger partial charge in [-0.05, 0) is 62.5 Å². The van der Waals surface area contributed by atoms with Crippen LogP contribution in [0.1, 0.15) is 22.7 Å². The number of likely N-dealkylation sites (N-methyl/N-ethyl adjacent to an activating group) is 1. The molecule has 1 atom stereocenters. The minimum atomic E-state index is -0.701. The molecule has 174 valence electrons. The number of aryl methyl sites for hydroxylation is 1. The Morgan fingerprint density at radius 3 is 2.45 bits per heavy atom. The number of ether oxygens (including phenoxy) is 2. The summed E-state index contributed by atoms with van der Waals surface area (Å²) in [6, 6.07) is 11.6. The number of Topliss-reactive ketones (excluding diaryl/α,β-unsaturated/α-hetero) is 1. The Morgan fingerprint density at radius 1 is 1.18 bits per heavy atom. The van der Waals surface area contributed by atoms with E-state index in [1.54, 1.807) is 43.5 Å². The molecular weight excluding hydrogens is 420 g/mol. The first-order valence-electron chi connectivity index (χ1n) is 10.7. The van der Waals surface area contributed by atoms with E-state index >= 15 is 0 Å². The molecule has 2 aromatic carbocycles. The average Bonchev–Trinajstić information content (AvgIpc) is 3.06. The lowest BCUT2D eigenvalue weighted by Crippen LogP contribution is -2.35. The molecule has 2 aromatic rings. The van der Waals surface area contributed by atoms with Crippen LogP contribution in [0.5, 0.6) is 11.5 Å². The third-order valence-corrected chi connectivity index (χ3v) is 5.56. The molecule has 0 aromatic heterocycles. The normalized spacial score (nSPS) is 17.5. The van der Waals surface area contributed by atoms with Crippen LogP contribution in [0.15, 0.2) is 60.7 Å². The highest BCUT2D eigenvalue weighted by molar-refractivity contribution is 6.46. The number of hydrogen-bond donors (Lipinski definition) is 1. The standard InChI is InChI=1S/C26H30N2O5/c1-6-15-33-21-12-9-19(16-17(21)2)24(29)22-23(18-7-10-20(32-5)11-8-18)28(14-13-27(3)4)26(31)25(22)30/h6-12,16,23,29H,1,13-15H2,2-5H3/t23-/m0/s1. The summed E-state index contributed by atoms with van der Waals surface area (Å²) in [5.74, 6) is -0.210. The number of methoxy groups -OCH3 is 1. The Hall–Kier alpha value is -3.58. The van der Waals surface area contributed by atoms with E-state index in [1.807, 2.05) is 38.1 Å². The van der Waals surface area contributed by atoms with Crippen LogP contribution in [0.2, 0.25) is 0 Å². The number of ketones is 1. The summed E-state index contributed by atoms with van der Waals surface area (Å²) >= 11 is 0. The highest BCUT2D eigenvalue weighted by Crippen LogP contribution is 2.40. The molecule has 7 heteroatoms. The van der Waals surface area contributed by atoms with E-state index in [1.165, 1.54) is 4.90 Å². The van der Waals surface area contributed by atoms with Crippen molar-refractivity contribution >= 4 is 17.4 Å². The third-order valence-electron chi connectivity index (χ3n) is 5.56. The van der Waals surface area contributed by atoms with Gasteiger partial charge in [-0.2, -0.15) is 0 Å². The van der Waals surface area contributed by atoms with E-state index in [4.69, 9.17) is 9.47 Å². The van der Waals surface area contributed by atoms with Crippen LogP contribution >= 0.6 is 0 Å². The summed E-state index contributed by atoms with van der Waals surface area (Å²) in [6.07, 6.45) is 1.65. The van der Waals surface area contributed by atoms with Crippen LogP contribution in [0, 0.1) is 6.92 Å². The molecule has 0 saturated carbocycles. The molecule has 1 aliphatic heterocycles. The van der Waals surface area contributed by atoms with E-state index in [2.05, 4.69) is 6.58 Å². The van der Waals surface area contributed by atoms with Crippen molar-refractivity contribution in [1.29, 1.82) is 0 Å². The minimum Gasteiger partial charge on any atom is -0.507 e. The second-order valence-electron chi connectivity index (χ2n) is 8.15. The van der Waals surface area contributed by atoms with Crippen LogP contribution in [0.25, 0.3) is 5.76 Å². The summed E-state index contributed by atoms with van der Waals surface area (Å²) in [5, 5.41) is 11.2. The fraction of sp³-hybridized carbons (Fsp3) is 0.308. The van der Waals surface area contributed by atoms with Crippen LogP contribution in [-0.2, 0) is 9.59 Å². The lowest BCUT2D eigenvalue weighted by atomic mass is 9.94. The van der Waals surface area contributed by atoms with Crippen molar-refractivity contribution in [3.05, 3.63) is 77.4 Å². The van der Waals surface area contributed by atoms with Crippen molar-refractivity contribution in [2.24, 2.45) is 0 Å². The maximum atomic E-state index is 13.1. The lowest BCUT2D eigenvalue weighted by molar-refractivity contribution is -0.140. The zero-order chi connectivity index (χ0) is 24.1. The summed E-state index contributed by atoms with van der Waals surface area (Å²) in [5.41, 5.74) is 2.03. The number of hydrogen-bond acceptors (Lipinski definition) is 6. The van der Waals surface area contributed by atoms with Crippen molar-refractivity contribution in [3.8, 4) is 11.5 Å². The fourth-order valence-corrected chi connectivity index (χ4v) is 3.81. The molecule has 1 N–H and O–H groups in total. The average molecular weight is 451 g/mol. The van der Waals surface area contributed by atoms with Gasteiger partial charge in [0.1, 0.15) is 23.9 Å². The van der Waals surface area contributed by atoms with Gasteiger partial charge < -0.3 is 24.4 Å². The zero-order valence-corrected chi connectivity index (χ0v) is 19.5. The molecule has 0 spiro atoms. The maximum Gasteiger partial charge on any atom is 0.295 e. The Kier molecular flexibility index (Phi) is 7.55. The number of benzene rings is 2. The number of likely N-dealkylation sites (tertiary alicyclic amines) is 1. The van der Waals surface area contributed by atoms with Crippen LogP contribution < -0.4 is 9.47 Å². The first-order valence-corrected chi connectivity index (χ1v) is 10.7. The quantitative estimate of drug-likeness (QED) is 0.272. The predicted octanol–water partition coefficient (Wildman–Crippen LogP) is 3.55. The molecule has 1 saturated heterocycles. The van der Waals surface area contributed by atoms with Gasteiger partial charge in [-0.3, -0.25) is 9.59 Å². The van der Waals surface area contributed by atoms with Gasteiger partial charge in [-0.15, -0.1) is 0 Å². The highest BCUT2D eigenvalue weighted by Gasteiger charge is 2.45. The molecule has 1 aliphatic rings. The first-order chi connectivity index (χ1) is 15.8. The highest BCUT2D eigenvalue weighted by atomic mass is 16.5. The number of rotatable bonds is 9. The number of carbonyl (C=O) groups excluding carboxylic acids is 2. The number of aliphatic hydroxyl groups is 1. The smallest absolute Gasteiger partial charge is 0.295 e. The van der Waals surface area contributed by atoms with Crippen molar-refractivity contribution in [2.45, 2.75) is 13.0 Å². The van der Waals surface area contributed by atoms with Gasteiger partial charge in [0.2, 0.25) is 0 Å². The molecule has 1 amide bonds. The van der Waals surface area contributed by atoms with E-state index < -0.39 is 17.7 Å². The van der Waals surface area contributed by atoms with E-state index in [-0.39, 0.29) is 11.3 Å². The summed E-state index contributed by atoms with van der Waals surface area (Å²) in [4.78, 5) is 29.5.